The Bertz CT molecular complexity index is 139. The van der Waals surface area contributed by atoms with E-state index in [-0.39, 0.29) is 0 Å². The summed E-state index contributed by atoms with van der Waals surface area (Å²) in [6.45, 7) is 6.81. The average molecular weight is 253 g/mol. The molecule has 0 spiro atoms. The Morgan fingerprint density at radius 3 is 1.44 bits per heavy atom. The molecule has 0 amide bonds. The lowest BCUT2D eigenvalue weighted by atomic mass is 9.99. The van der Waals surface area contributed by atoms with E-state index in [2.05, 4.69) is 27.2 Å². The third-order valence-electron chi connectivity index (χ3n) is 4.08. The van der Waals surface area contributed by atoms with Gasteiger partial charge in [0.2, 0.25) is 0 Å². The van der Waals surface area contributed by atoms with Crippen molar-refractivity contribution in [3.8, 4) is 0 Å². The standard InChI is InChI=1S/C18H37/c1-4-6-7-8-9-10-11-12-13-14-15-16-17-18(3)5-2/h5,18H,4,6-17H2,1-3H3. The lowest BCUT2D eigenvalue weighted by Gasteiger charge is -2.07. The summed E-state index contributed by atoms with van der Waals surface area (Å²) in [5.41, 5.74) is 0. The van der Waals surface area contributed by atoms with E-state index in [1.54, 1.807) is 0 Å². The topological polar surface area (TPSA) is 0 Å². The van der Waals surface area contributed by atoms with Crippen molar-refractivity contribution < 1.29 is 0 Å². The molecule has 0 nitrogen and oxygen atoms in total. The fourth-order valence-electron chi connectivity index (χ4n) is 2.47. The Kier molecular flexibility index (Phi) is 15.1. The quantitative estimate of drug-likeness (QED) is 0.294. The second-order valence-electron chi connectivity index (χ2n) is 5.99. The molecular weight excluding hydrogens is 216 g/mol. The molecule has 0 heteroatoms. The minimum Gasteiger partial charge on any atom is -0.0654 e. The molecule has 109 valence electrons. The van der Waals surface area contributed by atoms with Gasteiger partial charge in [-0.3, -0.25) is 0 Å². The third-order valence-corrected chi connectivity index (χ3v) is 4.08. The summed E-state index contributed by atoms with van der Waals surface area (Å²) in [6, 6.07) is 0. The van der Waals surface area contributed by atoms with Gasteiger partial charge in [-0.2, -0.15) is 0 Å². The summed E-state index contributed by atoms with van der Waals surface area (Å²) in [4.78, 5) is 0. The van der Waals surface area contributed by atoms with Gasteiger partial charge in [0, 0.05) is 0 Å². The Hall–Kier alpha value is 0. The van der Waals surface area contributed by atoms with Crippen molar-refractivity contribution in [1.82, 2.24) is 0 Å². The second kappa shape index (κ2) is 15.1. The Morgan fingerprint density at radius 1 is 0.667 bits per heavy atom. The smallest absolute Gasteiger partial charge is 0.0389 e. The van der Waals surface area contributed by atoms with Crippen molar-refractivity contribution in [2.45, 2.75) is 104 Å². The van der Waals surface area contributed by atoms with Crippen LogP contribution in [-0.4, -0.2) is 0 Å². The Balaban J connectivity index is 2.94. The van der Waals surface area contributed by atoms with Crippen LogP contribution in [-0.2, 0) is 0 Å². The lowest BCUT2D eigenvalue weighted by molar-refractivity contribution is 0.512. The van der Waals surface area contributed by atoms with E-state index in [4.69, 9.17) is 0 Å². The van der Waals surface area contributed by atoms with E-state index in [0.717, 1.165) is 5.92 Å². The maximum absolute atomic E-state index is 2.33. The van der Waals surface area contributed by atoms with E-state index in [9.17, 15) is 0 Å². The fourth-order valence-corrected chi connectivity index (χ4v) is 2.47. The van der Waals surface area contributed by atoms with Gasteiger partial charge < -0.3 is 0 Å². The van der Waals surface area contributed by atoms with Crippen LogP contribution in [0.3, 0.4) is 0 Å². The van der Waals surface area contributed by atoms with Gasteiger partial charge in [0.25, 0.3) is 0 Å². The monoisotopic (exact) mass is 253 g/mol. The van der Waals surface area contributed by atoms with E-state index in [1.807, 2.05) is 0 Å². The highest BCUT2D eigenvalue weighted by Gasteiger charge is 1.98. The molecule has 0 saturated heterocycles. The molecule has 0 aliphatic heterocycles. The van der Waals surface area contributed by atoms with Gasteiger partial charge in [0.1, 0.15) is 0 Å². The van der Waals surface area contributed by atoms with Gasteiger partial charge in [0.05, 0.1) is 0 Å². The van der Waals surface area contributed by atoms with Crippen molar-refractivity contribution >= 4 is 0 Å². The first kappa shape index (κ1) is 18.0. The minimum absolute atomic E-state index is 0.827. The number of hydrogen-bond acceptors (Lipinski definition) is 0. The summed E-state index contributed by atoms with van der Waals surface area (Å²) >= 11 is 0. The average Bonchev–Trinajstić information content (AvgIpc) is 2.39. The van der Waals surface area contributed by atoms with E-state index in [1.165, 1.54) is 83.5 Å². The van der Waals surface area contributed by atoms with Crippen LogP contribution < -0.4 is 0 Å². The maximum atomic E-state index is 2.33. The number of rotatable bonds is 14. The molecule has 0 heterocycles. The van der Waals surface area contributed by atoms with Gasteiger partial charge in [-0.05, 0) is 12.3 Å². The van der Waals surface area contributed by atoms with Crippen LogP contribution >= 0.6 is 0 Å². The summed E-state index contributed by atoms with van der Waals surface area (Å²) in [6.07, 6.45) is 21.2. The summed E-state index contributed by atoms with van der Waals surface area (Å²) in [7, 11) is 0. The molecule has 0 bridgehead atoms. The molecule has 0 saturated carbocycles. The molecule has 18 heavy (non-hydrogen) atoms. The third kappa shape index (κ3) is 14.1. The predicted octanol–water partition coefficient (Wildman–Crippen LogP) is 6.94. The first-order valence-corrected chi connectivity index (χ1v) is 8.60. The zero-order valence-electron chi connectivity index (χ0n) is 13.3. The SMILES string of the molecule is C[CH]C(C)CCCCCCCCCCCCCC. The van der Waals surface area contributed by atoms with Crippen molar-refractivity contribution in [1.29, 1.82) is 0 Å². The summed E-state index contributed by atoms with van der Waals surface area (Å²) in [5, 5.41) is 0. The maximum Gasteiger partial charge on any atom is -0.0389 e. The van der Waals surface area contributed by atoms with Crippen LogP contribution in [0.5, 0.6) is 0 Å². The molecular formula is C18H37. The molecule has 0 rings (SSSR count). The van der Waals surface area contributed by atoms with Crippen LogP contribution in [0.4, 0.5) is 0 Å². The minimum atomic E-state index is 0.827. The zero-order valence-corrected chi connectivity index (χ0v) is 13.3. The Morgan fingerprint density at radius 2 is 1.06 bits per heavy atom. The van der Waals surface area contributed by atoms with Crippen molar-refractivity contribution in [3.63, 3.8) is 0 Å². The van der Waals surface area contributed by atoms with E-state index >= 15 is 0 Å². The number of unbranched alkanes of at least 4 members (excludes halogenated alkanes) is 11. The molecule has 0 aromatic carbocycles. The summed E-state index contributed by atoms with van der Waals surface area (Å²) < 4.78 is 0. The highest BCUT2D eigenvalue weighted by molar-refractivity contribution is 4.65. The normalized spacial score (nSPS) is 12.8. The highest BCUT2D eigenvalue weighted by atomic mass is 14.0. The van der Waals surface area contributed by atoms with Gasteiger partial charge in [-0.1, -0.05) is 104 Å². The van der Waals surface area contributed by atoms with E-state index < -0.39 is 0 Å². The Labute approximate surface area is 117 Å². The van der Waals surface area contributed by atoms with Crippen LogP contribution in [0, 0.1) is 12.3 Å². The van der Waals surface area contributed by atoms with Crippen LogP contribution in [0.25, 0.3) is 0 Å². The lowest BCUT2D eigenvalue weighted by Crippen LogP contribution is -1.92. The van der Waals surface area contributed by atoms with Crippen molar-refractivity contribution in [2.24, 2.45) is 5.92 Å². The van der Waals surface area contributed by atoms with Gasteiger partial charge in [-0.25, -0.2) is 0 Å². The molecule has 0 aliphatic rings. The molecule has 1 unspecified atom stereocenters. The second-order valence-corrected chi connectivity index (χ2v) is 5.99. The van der Waals surface area contributed by atoms with Crippen LogP contribution in [0.2, 0.25) is 0 Å². The first-order valence-electron chi connectivity index (χ1n) is 8.60. The first-order chi connectivity index (χ1) is 8.81. The van der Waals surface area contributed by atoms with Gasteiger partial charge in [0.15, 0.2) is 0 Å². The number of hydrogen-bond donors (Lipinski definition) is 0. The van der Waals surface area contributed by atoms with Crippen LogP contribution in [0.15, 0.2) is 0 Å². The van der Waals surface area contributed by atoms with Gasteiger partial charge in [-0.15, -0.1) is 0 Å². The molecule has 0 fully saturated rings. The molecule has 0 aliphatic carbocycles. The molecule has 1 radical (unpaired) electrons. The van der Waals surface area contributed by atoms with Crippen molar-refractivity contribution in [3.05, 3.63) is 6.42 Å². The highest BCUT2D eigenvalue weighted by Crippen LogP contribution is 2.15. The largest absolute Gasteiger partial charge is 0.0654 e. The zero-order chi connectivity index (χ0) is 13.5. The molecule has 0 aromatic heterocycles. The van der Waals surface area contributed by atoms with Crippen molar-refractivity contribution in [2.75, 3.05) is 0 Å². The summed E-state index contributed by atoms with van der Waals surface area (Å²) in [5.74, 6) is 0.827. The van der Waals surface area contributed by atoms with Gasteiger partial charge >= 0.3 is 0 Å². The van der Waals surface area contributed by atoms with E-state index in [0.29, 0.717) is 0 Å². The fraction of sp³-hybridized carbons (Fsp3) is 0.944. The molecule has 0 aromatic rings. The molecule has 0 N–H and O–H groups in total. The van der Waals surface area contributed by atoms with Crippen LogP contribution in [0.1, 0.15) is 104 Å². The molecule has 1 atom stereocenters. The predicted molar refractivity (Wildman–Crippen MR) is 84.8 cm³/mol.